The molecule has 1 spiro atoms. The Morgan fingerprint density at radius 3 is 2.79 bits per heavy atom. The highest BCUT2D eigenvalue weighted by atomic mass is 16.5. The number of ether oxygens (including phenoxy) is 3. The van der Waals surface area contributed by atoms with Crippen LogP contribution in [0.3, 0.4) is 0 Å². The van der Waals surface area contributed by atoms with Crippen molar-refractivity contribution in [3.05, 3.63) is 34.9 Å². The standard InChI is InChI=1S/C19H23NO4/c1-22-14-8-11-5-7-20-13-10-19(17(16(11)13)18(14)24-3)6-4-12(21)9-15(19)23-2/h4,6,8,13,15,20H,5,7,9-10H2,1-3H3. The summed E-state index contributed by atoms with van der Waals surface area (Å²) in [5.41, 5.74) is 3.39. The number of carbonyl (C=O) groups is 1. The smallest absolute Gasteiger partial charge is 0.165 e. The second kappa shape index (κ2) is 5.60. The summed E-state index contributed by atoms with van der Waals surface area (Å²) in [6.45, 7) is 0.947. The fourth-order valence-corrected chi connectivity index (χ4v) is 4.75. The van der Waals surface area contributed by atoms with Crippen LogP contribution in [0.4, 0.5) is 0 Å². The van der Waals surface area contributed by atoms with E-state index in [1.165, 1.54) is 11.1 Å². The zero-order valence-corrected chi connectivity index (χ0v) is 14.3. The van der Waals surface area contributed by atoms with Crippen LogP contribution in [0.5, 0.6) is 11.5 Å². The Morgan fingerprint density at radius 2 is 2.08 bits per heavy atom. The van der Waals surface area contributed by atoms with Gasteiger partial charge >= 0.3 is 0 Å². The number of rotatable bonds is 3. The molecule has 0 saturated carbocycles. The topological polar surface area (TPSA) is 56.8 Å². The predicted octanol–water partition coefficient (Wildman–Crippen LogP) is 2.08. The van der Waals surface area contributed by atoms with Crippen LogP contribution in [-0.4, -0.2) is 39.8 Å². The third-order valence-corrected chi connectivity index (χ3v) is 5.75. The molecule has 5 heteroatoms. The van der Waals surface area contributed by atoms with Crippen molar-refractivity contribution in [3.8, 4) is 11.5 Å². The molecule has 1 heterocycles. The first kappa shape index (κ1) is 15.7. The zero-order valence-electron chi connectivity index (χ0n) is 14.3. The van der Waals surface area contributed by atoms with E-state index < -0.39 is 0 Å². The summed E-state index contributed by atoms with van der Waals surface area (Å²) in [4.78, 5) is 12.0. The lowest BCUT2D eigenvalue weighted by Crippen LogP contribution is -2.42. The largest absolute Gasteiger partial charge is 0.493 e. The lowest BCUT2D eigenvalue weighted by Gasteiger charge is -2.38. The Bertz CT molecular complexity index is 727. The highest BCUT2D eigenvalue weighted by molar-refractivity contribution is 5.92. The fourth-order valence-electron chi connectivity index (χ4n) is 4.75. The van der Waals surface area contributed by atoms with E-state index >= 15 is 0 Å². The minimum atomic E-state index is -0.353. The second-order valence-corrected chi connectivity index (χ2v) is 6.79. The van der Waals surface area contributed by atoms with Crippen LogP contribution < -0.4 is 14.8 Å². The molecular formula is C19H23NO4. The van der Waals surface area contributed by atoms with E-state index in [4.69, 9.17) is 14.2 Å². The van der Waals surface area contributed by atoms with Crippen molar-refractivity contribution >= 4 is 5.78 Å². The molecule has 0 bridgehead atoms. The maximum absolute atomic E-state index is 12.0. The third-order valence-electron chi connectivity index (χ3n) is 5.75. The minimum Gasteiger partial charge on any atom is -0.493 e. The van der Waals surface area contributed by atoms with Crippen molar-refractivity contribution in [1.82, 2.24) is 5.32 Å². The maximum atomic E-state index is 12.0. The zero-order chi connectivity index (χ0) is 16.9. The second-order valence-electron chi connectivity index (χ2n) is 6.79. The molecule has 0 fully saturated rings. The molecule has 3 aliphatic rings. The van der Waals surface area contributed by atoms with Gasteiger partial charge in [0.25, 0.3) is 0 Å². The van der Waals surface area contributed by atoms with Gasteiger partial charge in [-0.25, -0.2) is 0 Å². The van der Waals surface area contributed by atoms with Crippen molar-refractivity contribution in [1.29, 1.82) is 0 Å². The summed E-state index contributed by atoms with van der Waals surface area (Å²) >= 11 is 0. The van der Waals surface area contributed by atoms with E-state index in [0.29, 0.717) is 6.42 Å². The van der Waals surface area contributed by atoms with E-state index in [1.807, 2.05) is 6.08 Å². The molecule has 128 valence electrons. The third kappa shape index (κ3) is 1.98. The molecule has 1 aromatic rings. The summed E-state index contributed by atoms with van der Waals surface area (Å²) in [5, 5.41) is 3.62. The average Bonchev–Trinajstić information content (AvgIpc) is 2.93. The lowest BCUT2D eigenvalue weighted by molar-refractivity contribution is -0.119. The number of carbonyl (C=O) groups excluding carboxylic acids is 1. The van der Waals surface area contributed by atoms with Gasteiger partial charge in [0.05, 0.1) is 20.3 Å². The Kier molecular flexibility index (Phi) is 3.66. The molecule has 0 radical (unpaired) electrons. The highest BCUT2D eigenvalue weighted by Crippen LogP contribution is 2.58. The van der Waals surface area contributed by atoms with Crippen LogP contribution in [0.2, 0.25) is 0 Å². The number of hydrogen-bond donors (Lipinski definition) is 1. The number of hydrogen-bond acceptors (Lipinski definition) is 5. The van der Waals surface area contributed by atoms with Gasteiger partial charge in [-0.3, -0.25) is 4.79 Å². The number of fused-ring (bicyclic) bond motifs is 1. The maximum Gasteiger partial charge on any atom is 0.165 e. The Hall–Kier alpha value is -1.85. The summed E-state index contributed by atoms with van der Waals surface area (Å²) in [6.07, 6.45) is 5.79. The number of benzene rings is 1. The van der Waals surface area contributed by atoms with Gasteiger partial charge < -0.3 is 19.5 Å². The summed E-state index contributed by atoms with van der Waals surface area (Å²) in [5.74, 6) is 1.64. The van der Waals surface area contributed by atoms with Crippen molar-refractivity contribution in [2.75, 3.05) is 27.9 Å². The lowest BCUT2D eigenvalue weighted by atomic mass is 9.71. The molecule has 0 saturated heterocycles. The molecule has 2 aliphatic carbocycles. The Balaban J connectivity index is 2.02. The van der Waals surface area contributed by atoms with Crippen LogP contribution in [-0.2, 0) is 21.4 Å². The number of allylic oxidation sites excluding steroid dienone is 1. The number of methoxy groups -OCH3 is 3. The van der Waals surface area contributed by atoms with E-state index in [9.17, 15) is 4.79 Å². The van der Waals surface area contributed by atoms with Crippen molar-refractivity contribution in [3.63, 3.8) is 0 Å². The molecule has 5 nitrogen and oxygen atoms in total. The van der Waals surface area contributed by atoms with E-state index in [-0.39, 0.29) is 23.3 Å². The van der Waals surface area contributed by atoms with Gasteiger partial charge in [0.2, 0.25) is 0 Å². The molecule has 1 aromatic carbocycles. The SMILES string of the molecule is COc1cc2c3c(c1OC)C1(C=CC(=O)CC1OC)CC3NCC2. The van der Waals surface area contributed by atoms with E-state index in [1.54, 1.807) is 27.4 Å². The number of nitrogens with one attached hydrogen (secondary N) is 1. The quantitative estimate of drug-likeness (QED) is 0.920. The summed E-state index contributed by atoms with van der Waals surface area (Å²) in [7, 11) is 5.04. The van der Waals surface area contributed by atoms with E-state index in [2.05, 4.69) is 11.4 Å². The molecule has 3 unspecified atom stereocenters. The fraction of sp³-hybridized carbons (Fsp3) is 0.526. The van der Waals surface area contributed by atoms with Crippen LogP contribution in [0.25, 0.3) is 0 Å². The predicted molar refractivity (Wildman–Crippen MR) is 89.8 cm³/mol. The first-order valence-electron chi connectivity index (χ1n) is 8.41. The van der Waals surface area contributed by atoms with Gasteiger partial charge in [-0.05, 0) is 42.7 Å². The van der Waals surface area contributed by atoms with Crippen molar-refractivity contribution in [2.45, 2.75) is 36.8 Å². The number of ketones is 1. The Labute approximate surface area is 142 Å². The van der Waals surface area contributed by atoms with Gasteiger partial charge in [0.1, 0.15) is 0 Å². The first-order chi connectivity index (χ1) is 11.6. The summed E-state index contributed by atoms with van der Waals surface area (Å²) < 4.78 is 17.2. The monoisotopic (exact) mass is 329 g/mol. The Morgan fingerprint density at radius 1 is 1.25 bits per heavy atom. The molecular weight excluding hydrogens is 306 g/mol. The highest BCUT2D eigenvalue weighted by Gasteiger charge is 2.53. The molecule has 0 aromatic heterocycles. The van der Waals surface area contributed by atoms with Crippen LogP contribution in [0.15, 0.2) is 18.2 Å². The van der Waals surface area contributed by atoms with Gasteiger partial charge in [-0.15, -0.1) is 0 Å². The molecule has 4 rings (SSSR count). The van der Waals surface area contributed by atoms with Crippen LogP contribution >= 0.6 is 0 Å². The molecule has 1 aliphatic heterocycles. The molecule has 3 atom stereocenters. The first-order valence-corrected chi connectivity index (χ1v) is 8.41. The molecule has 1 N–H and O–H groups in total. The van der Waals surface area contributed by atoms with Crippen molar-refractivity contribution in [2.24, 2.45) is 0 Å². The van der Waals surface area contributed by atoms with Crippen molar-refractivity contribution < 1.29 is 19.0 Å². The molecule has 24 heavy (non-hydrogen) atoms. The average molecular weight is 329 g/mol. The van der Waals surface area contributed by atoms with Gasteiger partial charge in [-0.2, -0.15) is 0 Å². The van der Waals surface area contributed by atoms with Crippen LogP contribution in [0, 0.1) is 0 Å². The van der Waals surface area contributed by atoms with Gasteiger partial charge in [0.15, 0.2) is 17.3 Å². The van der Waals surface area contributed by atoms with Gasteiger partial charge in [-0.1, -0.05) is 6.08 Å². The summed E-state index contributed by atoms with van der Waals surface area (Å²) in [6, 6.07) is 2.36. The van der Waals surface area contributed by atoms with Gasteiger partial charge in [0, 0.05) is 30.6 Å². The molecule has 0 amide bonds. The van der Waals surface area contributed by atoms with Crippen LogP contribution in [0.1, 0.15) is 35.6 Å². The van der Waals surface area contributed by atoms with E-state index in [0.717, 1.165) is 36.4 Å². The normalized spacial score (nSPS) is 30.5. The minimum absolute atomic E-state index is 0.113.